The van der Waals surface area contributed by atoms with Crippen molar-refractivity contribution in [2.45, 2.75) is 20.8 Å². The maximum atomic E-state index is 12.3. The Hall–Kier alpha value is -1.75. The fourth-order valence-electron chi connectivity index (χ4n) is 2.52. The zero-order valence-electron chi connectivity index (χ0n) is 12.9. The smallest absolute Gasteiger partial charge is 0.229 e. The highest BCUT2D eigenvalue weighted by Gasteiger charge is 2.29. The number of hydrogen-bond donors (Lipinski definition) is 2. The van der Waals surface area contributed by atoms with Gasteiger partial charge in [-0.05, 0) is 38.4 Å². The molecule has 21 heavy (non-hydrogen) atoms. The van der Waals surface area contributed by atoms with Gasteiger partial charge in [0.2, 0.25) is 5.91 Å². The third-order valence-electron chi connectivity index (χ3n) is 3.67. The van der Waals surface area contributed by atoms with Crippen LogP contribution in [0.15, 0.2) is 18.2 Å². The normalized spacial score (nSPS) is 21.1. The maximum Gasteiger partial charge on any atom is 0.229 e. The first-order valence-electron chi connectivity index (χ1n) is 7.56. The monoisotopic (exact) mass is 292 g/mol. The highest BCUT2D eigenvalue weighted by Crippen LogP contribution is 2.31. The van der Waals surface area contributed by atoms with Crippen molar-refractivity contribution in [3.63, 3.8) is 0 Å². The van der Waals surface area contributed by atoms with Crippen LogP contribution in [0.1, 0.15) is 20.8 Å². The van der Waals surface area contributed by atoms with Crippen molar-refractivity contribution in [3.8, 4) is 11.5 Å². The SMILES string of the molecule is CCOc1ccc(NC(=O)[C@@H]2CNC[C@H]2C)cc1OCC. The maximum absolute atomic E-state index is 12.3. The molecule has 0 unspecified atom stereocenters. The van der Waals surface area contributed by atoms with Crippen molar-refractivity contribution < 1.29 is 14.3 Å². The molecule has 5 heteroatoms. The highest BCUT2D eigenvalue weighted by molar-refractivity contribution is 5.93. The Balaban J connectivity index is 2.09. The molecule has 1 aromatic carbocycles. The number of ether oxygens (including phenoxy) is 2. The van der Waals surface area contributed by atoms with E-state index in [1.807, 2.05) is 32.0 Å². The quantitative estimate of drug-likeness (QED) is 0.844. The molecular formula is C16H24N2O3. The van der Waals surface area contributed by atoms with Gasteiger partial charge in [0.15, 0.2) is 11.5 Å². The number of amides is 1. The van der Waals surface area contributed by atoms with Crippen LogP contribution in [0.5, 0.6) is 11.5 Å². The summed E-state index contributed by atoms with van der Waals surface area (Å²) in [6.07, 6.45) is 0. The predicted molar refractivity (Wildman–Crippen MR) is 82.9 cm³/mol. The first-order chi connectivity index (χ1) is 10.2. The third-order valence-corrected chi connectivity index (χ3v) is 3.67. The van der Waals surface area contributed by atoms with Gasteiger partial charge in [0.1, 0.15) is 0 Å². The number of benzene rings is 1. The van der Waals surface area contributed by atoms with Crippen LogP contribution < -0.4 is 20.1 Å². The van der Waals surface area contributed by atoms with Gasteiger partial charge in [-0.1, -0.05) is 6.92 Å². The minimum Gasteiger partial charge on any atom is -0.490 e. The number of carbonyl (C=O) groups is 1. The van der Waals surface area contributed by atoms with Crippen LogP contribution in [0.25, 0.3) is 0 Å². The van der Waals surface area contributed by atoms with Gasteiger partial charge in [0.25, 0.3) is 0 Å². The highest BCUT2D eigenvalue weighted by atomic mass is 16.5. The number of anilines is 1. The van der Waals surface area contributed by atoms with E-state index in [4.69, 9.17) is 9.47 Å². The zero-order valence-corrected chi connectivity index (χ0v) is 12.9. The summed E-state index contributed by atoms with van der Waals surface area (Å²) in [5.74, 6) is 1.80. The molecule has 2 rings (SSSR count). The van der Waals surface area contributed by atoms with E-state index < -0.39 is 0 Å². The van der Waals surface area contributed by atoms with E-state index in [1.54, 1.807) is 0 Å². The van der Waals surface area contributed by atoms with Crippen LogP contribution in [-0.4, -0.2) is 32.2 Å². The lowest BCUT2D eigenvalue weighted by Crippen LogP contribution is -2.27. The molecule has 1 aliphatic heterocycles. The third kappa shape index (κ3) is 3.88. The molecule has 0 bridgehead atoms. The molecular weight excluding hydrogens is 268 g/mol. The number of nitrogens with one attached hydrogen (secondary N) is 2. The Labute approximate surface area is 126 Å². The van der Waals surface area contributed by atoms with E-state index in [2.05, 4.69) is 17.6 Å². The average Bonchev–Trinajstić information content (AvgIpc) is 2.88. The molecule has 5 nitrogen and oxygen atoms in total. The molecule has 0 saturated carbocycles. The largest absolute Gasteiger partial charge is 0.490 e. The first kappa shape index (κ1) is 15.6. The lowest BCUT2D eigenvalue weighted by molar-refractivity contribution is -0.120. The van der Waals surface area contributed by atoms with Crippen molar-refractivity contribution >= 4 is 11.6 Å². The second-order valence-corrected chi connectivity index (χ2v) is 5.26. The van der Waals surface area contributed by atoms with Crippen LogP contribution in [0.2, 0.25) is 0 Å². The molecule has 0 aliphatic carbocycles. The molecule has 0 aromatic heterocycles. The molecule has 1 heterocycles. The van der Waals surface area contributed by atoms with Crippen molar-refractivity contribution in [2.24, 2.45) is 11.8 Å². The minimum atomic E-state index is 0.0205. The molecule has 0 radical (unpaired) electrons. The molecule has 116 valence electrons. The van der Waals surface area contributed by atoms with Crippen molar-refractivity contribution in [3.05, 3.63) is 18.2 Å². The molecule has 0 spiro atoms. The standard InChI is InChI=1S/C16H24N2O3/c1-4-20-14-7-6-12(8-15(14)21-5-2)18-16(19)13-10-17-9-11(13)3/h6-8,11,13,17H,4-5,9-10H2,1-3H3,(H,18,19)/t11-,13-/m1/s1. The lowest BCUT2D eigenvalue weighted by atomic mass is 9.97. The molecule has 2 N–H and O–H groups in total. The van der Waals surface area contributed by atoms with E-state index in [0.717, 1.165) is 18.8 Å². The lowest BCUT2D eigenvalue weighted by Gasteiger charge is -2.16. The van der Waals surface area contributed by atoms with E-state index >= 15 is 0 Å². The summed E-state index contributed by atoms with van der Waals surface area (Å²) in [7, 11) is 0. The van der Waals surface area contributed by atoms with Gasteiger partial charge >= 0.3 is 0 Å². The van der Waals surface area contributed by atoms with Gasteiger partial charge in [-0.25, -0.2) is 0 Å². The van der Waals surface area contributed by atoms with Gasteiger partial charge in [0.05, 0.1) is 19.1 Å². The Kier molecular flexibility index (Phi) is 5.44. The first-order valence-corrected chi connectivity index (χ1v) is 7.56. The summed E-state index contributed by atoms with van der Waals surface area (Å²) >= 11 is 0. The Bertz CT molecular complexity index is 490. The van der Waals surface area contributed by atoms with Gasteiger partial charge in [-0.15, -0.1) is 0 Å². The number of rotatable bonds is 6. The van der Waals surface area contributed by atoms with E-state index in [1.165, 1.54) is 0 Å². The van der Waals surface area contributed by atoms with E-state index in [0.29, 0.717) is 30.6 Å². The van der Waals surface area contributed by atoms with Crippen LogP contribution >= 0.6 is 0 Å². The molecule has 1 aliphatic rings. The van der Waals surface area contributed by atoms with Crippen LogP contribution in [0.3, 0.4) is 0 Å². The van der Waals surface area contributed by atoms with Gasteiger partial charge in [-0.3, -0.25) is 4.79 Å². The second-order valence-electron chi connectivity index (χ2n) is 5.26. The van der Waals surface area contributed by atoms with E-state index in [9.17, 15) is 4.79 Å². The molecule has 1 saturated heterocycles. The van der Waals surface area contributed by atoms with Crippen LogP contribution in [0, 0.1) is 11.8 Å². The topological polar surface area (TPSA) is 59.6 Å². The van der Waals surface area contributed by atoms with Crippen LogP contribution in [-0.2, 0) is 4.79 Å². The fourth-order valence-corrected chi connectivity index (χ4v) is 2.52. The van der Waals surface area contributed by atoms with Crippen LogP contribution in [0.4, 0.5) is 5.69 Å². The molecule has 1 amide bonds. The fraction of sp³-hybridized carbons (Fsp3) is 0.562. The van der Waals surface area contributed by atoms with Gasteiger partial charge in [-0.2, -0.15) is 0 Å². The summed E-state index contributed by atoms with van der Waals surface area (Å²) in [5, 5.41) is 6.21. The Morgan fingerprint density at radius 1 is 1.24 bits per heavy atom. The van der Waals surface area contributed by atoms with E-state index in [-0.39, 0.29) is 11.8 Å². The van der Waals surface area contributed by atoms with Crippen molar-refractivity contribution in [2.75, 3.05) is 31.6 Å². The molecule has 2 atom stereocenters. The number of carbonyl (C=O) groups excluding carboxylic acids is 1. The summed E-state index contributed by atoms with van der Waals surface area (Å²) in [6, 6.07) is 5.50. The summed E-state index contributed by atoms with van der Waals surface area (Å²) in [5.41, 5.74) is 0.742. The van der Waals surface area contributed by atoms with Crippen molar-refractivity contribution in [1.29, 1.82) is 0 Å². The van der Waals surface area contributed by atoms with Crippen molar-refractivity contribution in [1.82, 2.24) is 5.32 Å². The summed E-state index contributed by atoms with van der Waals surface area (Å²) in [4.78, 5) is 12.3. The summed E-state index contributed by atoms with van der Waals surface area (Å²) in [6.45, 7) is 8.72. The minimum absolute atomic E-state index is 0.0205. The Morgan fingerprint density at radius 2 is 1.95 bits per heavy atom. The zero-order chi connectivity index (χ0) is 15.2. The van der Waals surface area contributed by atoms with Gasteiger partial charge in [0, 0.05) is 18.3 Å². The molecule has 1 aromatic rings. The summed E-state index contributed by atoms with van der Waals surface area (Å²) < 4.78 is 11.1. The predicted octanol–water partition coefficient (Wildman–Crippen LogP) is 2.28. The number of hydrogen-bond acceptors (Lipinski definition) is 4. The van der Waals surface area contributed by atoms with Gasteiger partial charge < -0.3 is 20.1 Å². The average molecular weight is 292 g/mol. The molecule has 1 fully saturated rings. The Morgan fingerprint density at radius 3 is 2.57 bits per heavy atom. The second kappa shape index (κ2) is 7.31.